The van der Waals surface area contributed by atoms with E-state index in [1.54, 1.807) is 11.3 Å². The maximum atomic E-state index is 4.69. The van der Waals surface area contributed by atoms with Crippen molar-refractivity contribution in [3.8, 4) is 11.3 Å². The number of nitrogens with zero attached hydrogens (tertiary/aromatic N) is 2. The van der Waals surface area contributed by atoms with Gasteiger partial charge in [-0.05, 0) is 45.2 Å². The van der Waals surface area contributed by atoms with Crippen molar-refractivity contribution >= 4 is 37.4 Å². The lowest BCUT2D eigenvalue weighted by Crippen LogP contribution is -1.97. The van der Waals surface area contributed by atoms with Crippen molar-refractivity contribution < 1.29 is 0 Å². The van der Waals surface area contributed by atoms with Gasteiger partial charge in [0.1, 0.15) is 10.4 Å². The van der Waals surface area contributed by atoms with Crippen LogP contribution in [0.2, 0.25) is 0 Å². The minimum absolute atomic E-state index is 0.856. The third-order valence-corrected chi connectivity index (χ3v) is 4.34. The van der Waals surface area contributed by atoms with Gasteiger partial charge in [-0.2, -0.15) is 0 Å². The van der Waals surface area contributed by atoms with Crippen LogP contribution in [0.4, 0.5) is 0 Å². The van der Waals surface area contributed by atoms with Gasteiger partial charge < -0.3 is 0 Å². The van der Waals surface area contributed by atoms with Crippen molar-refractivity contribution in [1.29, 1.82) is 0 Å². The molecule has 0 bridgehead atoms. The van der Waals surface area contributed by atoms with Crippen LogP contribution in [0, 0.1) is 0 Å². The van der Waals surface area contributed by atoms with E-state index in [4.69, 9.17) is 0 Å². The van der Waals surface area contributed by atoms with Crippen LogP contribution in [-0.4, -0.2) is 9.97 Å². The second-order valence-electron chi connectivity index (χ2n) is 4.39. The van der Waals surface area contributed by atoms with Gasteiger partial charge in [0.05, 0.1) is 5.69 Å². The predicted octanol–water partition coefficient (Wildman–Crippen LogP) is 5.07. The first-order valence-electron chi connectivity index (χ1n) is 6.28. The van der Waals surface area contributed by atoms with Gasteiger partial charge in [-0.25, -0.2) is 9.97 Å². The van der Waals surface area contributed by atoms with Gasteiger partial charge in [0.25, 0.3) is 0 Å². The molecule has 2 nitrogen and oxygen atoms in total. The molecule has 19 heavy (non-hydrogen) atoms. The first kappa shape index (κ1) is 12.8. The number of halogens is 1. The zero-order chi connectivity index (χ0) is 13.2. The molecule has 3 rings (SSSR count). The molecule has 0 saturated carbocycles. The van der Waals surface area contributed by atoms with Crippen LogP contribution in [0.25, 0.3) is 21.3 Å². The third-order valence-electron chi connectivity index (χ3n) is 2.97. The molecule has 2 heterocycles. The van der Waals surface area contributed by atoms with Crippen molar-refractivity contribution in [2.45, 2.75) is 19.8 Å². The summed E-state index contributed by atoms with van der Waals surface area (Å²) in [4.78, 5) is 9.11. The molecule has 3 aromatic rings. The zero-order valence-electron chi connectivity index (χ0n) is 10.6. The number of hydrogen-bond donors (Lipinski definition) is 0. The van der Waals surface area contributed by atoms with Crippen molar-refractivity contribution in [3.63, 3.8) is 0 Å². The van der Waals surface area contributed by atoms with Crippen LogP contribution in [0.1, 0.15) is 19.2 Å². The molecule has 0 aliphatic carbocycles. The predicted molar refractivity (Wildman–Crippen MR) is 84.5 cm³/mol. The van der Waals surface area contributed by atoms with Crippen molar-refractivity contribution in [2.24, 2.45) is 0 Å². The number of thiophene rings is 1. The highest BCUT2D eigenvalue weighted by Crippen LogP contribution is 2.32. The molecular formula is C15H13BrN2S. The monoisotopic (exact) mass is 332 g/mol. The van der Waals surface area contributed by atoms with E-state index >= 15 is 0 Å². The van der Waals surface area contributed by atoms with Crippen molar-refractivity contribution in [1.82, 2.24) is 9.97 Å². The SMILES string of the molecule is CCCc1nc(Br)cc(-c2cccc3ccsc23)n1. The minimum atomic E-state index is 0.856. The number of fused-ring (bicyclic) bond motifs is 1. The fourth-order valence-electron chi connectivity index (χ4n) is 2.13. The summed E-state index contributed by atoms with van der Waals surface area (Å²) < 4.78 is 2.14. The maximum absolute atomic E-state index is 4.69. The Labute approximate surface area is 124 Å². The second-order valence-corrected chi connectivity index (χ2v) is 6.12. The van der Waals surface area contributed by atoms with E-state index in [2.05, 4.69) is 62.5 Å². The number of aromatic nitrogens is 2. The molecule has 0 radical (unpaired) electrons. The second kappa shape index (κ2) is 5.39. The fourth-order valence-corrected chi connectivity index (χ4v) is 3.48. The highest BCUT2D eigenvalue weighted by Gasteiger charge is 2.09. The number of benzene rings is 1. The maximum Gasteiger partial charge on any atom is 0.130 e. The summed E-state index contributed by atoms with van der Waals surface area (Å²) in [5.74, 6) is 0.903. The van der Waals surface area contributed by atoms with E-state index in [1.807, 2.05) is 6.07 Å². The highest BCUT2D eigenvalue weighted by molar-refractivity contribution is 9.10. The molecule has 1 aromatic carbocycles. The van der Waals surface area contributed by atoms with E-state index < -0.39 is 0 Å². The molecule has 96 valence electrons. The largest absolute Gasteiger partial charge is 0.233 e. The standard InChI is InChI=1S/C15H13BrN2S/c1-2-4-14-17-12(9-13(16)18-14)11-6-3-5-10-7-8-19-15(10)11/h3,5-9H,2,4H2,1H3. The van der Waals surface area contributed by atoms with Gasteiger partial charge in [0.15, 0.2) is 0 Å². The van der Waals surface area contributed by atoms with Crippen molar-refractivity contribution in [3.05, 3.63) is 46.1 Å². The van der Waals surface area contributed by atoms with E-state index in [0.29, 0.717) is 0 Å². The Bertz CT molecular complexity index is 721. The quantitative estimate of drug-likeness (QED) is 0.625. The number of hydrogen-bond acceptors (Lipinski definition) is 3. The molecule has 2 aromatic heterocycles. The van der Waals surface area contributed by atoms with Crippen LogP contribution in [0.3, 0.4) is 0 Å². The summed E-state index contributed by atoms with van der Waals surface area (Å²) in [6.07, 6.45) is 1.96. The topological polar surface area (TPSA) is 25.8 Å². The van der Waals surface area contributed by atoms with Crippen LogP contribution >= 0.6 is 27.3 Å². The lowest BCUT2D eigenvalue weighted by Gasteiger charge is -2.06. The van der Waals surface area contributed by atoms with Gasteiger partial charge in [-0.1, -0.05) is 25.1 Å². The molecule has 0 fully saturated rings. The van der Waals surface area contributed by atoms with Gasteiger partial charge in [-0.15, -0.1) is 11.3 Å². The average molecular weight is 333 g/mol. The lowest BCUT2D eigenvalue weighted by molar-refractivity contribution is 0.831. The van der Waals surface area contributed by atoms with Gasteiger partial charge in [0, 0.05) is 16.7 Å². The van der Waals surface area contributed by atoms with Crippen molar-refractivity contribution in [2.75, 3.05) is 0 Å². The molecule has 0 spiro atoms. The normalized spacial score (nSPS) is 11.1. The highest BCUT2D eigenvalue weighted by atomic mass is 79.9. The zero-order valence-corrected chi connectivity index (χ0v) is 13.0. The Hall–Kier alpha value is -1.26. The summed E-state index contributed by atoms with van der Waals surface area (Å²) in [6, 6.07) is 10.5. The average Bonchev–Trinajstić information content (AvgIpc) is 2.86. The van der Waals surface area contributed by atoms with Gasteiger partial charge >= 0.3 is 0 Å². The Balaban J connectivity index is 2.18. The lowest BCUT2D eigenvalue weighted by atomic mass is 10.1. The summed E-state index contributed by atoms with van der Waals surface area (Å²) in [5.41, 5.74) is 2.19. The van der Waals surface area contributed by atoms with Crippen LogP contribution in [0.5, 0.6) is 0 Å². The number of aryl methyl sites for hydroxylation is 1. The van der Waals surface area contributed by atoms with E-state index in [-0.39, 0.29) is 0 Å². The molecule has 0 saturated heterocycles. The number of rotatable bonds is 3. The van der Waals surface area contributed by atoms with E-state index in [0.717, 1.165) is 29.0 Å². The van der Waals surface area contributed by atoms with E-state index in [9.17, 15) is 0 Å². The molecule has 0 unspecified atom stereocenters. The Morgan fingerprint density at radius 2 is 2.11 bits per heavy atom. The Morgan fingerprint density at radius 3 is 2.95 bits per heavy atom. The van der Waals surface area contributed by atoms with Crippen LogP contribution in [0.15, 0.2) is 40.3 Å². The van der Waals surface area contributed by atoms with Crippen LogP contribution in [-0.2, 0) is 6.42 Å². The molecule has 0 atom stereocenters. The molecule has 0 amide bonds. The Kier molecular flexibility index (Phi) is 3.62. The minimum Gasteiger partial charge on any atom is -0.233 e. The first-order valence-corrected chi connectivity index (χ1v) is 7.95. The molecule has 0 aliphatic heterocycles. The summed E-state index contributed by atoms with van der Waals surface area (Å²) in [5, 5.41) is 3.39. The van der Waals surface area contributed by atoms with Gasteiger partial charge in [-0.3, -0.25) is 0 Å². The van der Waals surface area contributed by atoms with E-state index in [1.165, 1.54) is 15.6 Å². The molecule has 0 N–H and O–H groups in total. The summed E-state index contributed by atoms with van der Waals surface area (Å²) in [6.45, 7) is 2.14. The fraction of sp³-hybridized carbons (Fsp3) is 0.200. The smallest absolute Gasteiger partial charge is 0.130 e. The molecule has 4 heteroatoms. The summed E-state index contributed by atoms with van der Waals surface area (Å²) >= 11 is 5.25. The van der Waals surface area contributed by atoms with Crippen LogP contribution < -0.4 is 0 Å². The third kappa shape index (κ3) is 2.55. The Morgan fingerprint density at radius 1 is 1.21 bits per heavy atom. The first-order chi connectivity index (χ1) is 9.28. The molecular weight excluding hydrogens is 320 g/mol. The molecule has 0 aliphatic rings. The van der Waals surface area contributed by atoms with Gasteiger partial charge in [0.2, 0.25) is 0 Å². The summed E-state index contributed by atoms with van der Waals surface area (Å²) in [7, 11) is 0.